The highest BCUT2D eigenvalue weighted by Gasteiger charge is 2.75. The fourth-order valence-corrected chi connectivity index (χ4v) is 7.87. The molecule has 2 bridgehead atoms. The number of benzene rings is 1. The van der Waals surface area contributed by atoms with Crippen molar-refractivity contribution in [1.29, 1.82) is 0 Å². The number of ether oxygens (including phenoxy) is 4. The summed E-state index contributed by atoms with van der Waals surface area (Å²) < 4.78 is 23.1. The first-order valence-electron chi connectivity index (χ1n) is 17.5. The van der Waals surface area contributed by atoms with E-state index in [0.717, 1.165) is 11.1 Å². The molecule has 15 nitrogen and oxygen atoms in total. The van der Waals surface area contributed by atoms with E-state index in [0.29, 0.717) is 12.8 Å². The molecule has 5 aliphatic rings. The number of likely N-dealkylation sites (N-methyl/N-ethyl adjacent to an activating group) is 1. The van der Waals surface area contributed by atoms with Gasteiger partial charge in [0.2, 0.25) is 17.7 Å². The van der Waals surface area contributed by atoms with Crippen LogP contribution < -0.4 is 5.32 Å². The van der Waals surface area contributed by atoms with Gasteiger partial charge in [-0.15, -0.1) is 0 Å². The molecule has 3 amide bonds. The average molecular weight is 713 g/mol. The molecule has 4 saturated heterocycles. The second-order valence-corrected chi connectivity index (χ2v) is 15.0. The van der Waals surface area contributed by atoms with Gasteiger partial charge in [-0.2, -0.15) is 5.06 Å². The fourth-order valence-electron chi connectivity index (χ4n) is 7.87. The summed E-state index contributed by atoms with van der Waals surface area (Å²) in [5.41, 5.74) is -0.634. The minimum Gasteiger partial charge on any atom is -0.460 e. The van der Waals surface area contributed by atoms with E-state index in [2.05, 4.69) is 5.32 Å². The number of aliphatic hydroxyl groups excluding tert-OH is 1. The third-order valence-corrected chi connectivity index (χ3v) is 10.2. The molecule has 6 rings (SSSR count). The number of nitrogens with one attached hydrogen (secondary N) is 1. The first-order valence-corrected chi connectivity index (χ1v) is 17.5. The van der Waals surface area contributed by atoms with E-state index in [4.69, 9.17) is 23.8 Å². The molecule has 1 aromatic rings. The van der Waals surface area contributed by atoms with Crippen LogP contribution in [0.4, 0.5) is 0 Å². The van der Waals surface area contributed by atoms with Gasteiger partial charge in [-0.25, -0.2) is 0 Å². The zero-order valence-electron chi connectivity index (χ0n) is 29.7. The Morgan fingerprint density at radius 3 is 2.63 bits per heavy atom. The van der Waals surface area contributed by atoms with Crippen LogP contribution in [-0.2, 0) is 54.3 Å². The van der Waals surface area contributed by atoms with Crippen molar-refractivity contribution in [3.8, 4) is 0 Å². The first kappa shape index (κ1) is 36.9. The Morgan fingerprint density at radius 2 is 1.90 bits per heavy atom. The Bertz CT molecular complexity index is 1560. The first-order chi connectivity index (χ1) is 24.2. The van der Waals surface area contributed by atoms with Crippen molar-refractivity contribution >= 4 is 35.7 Å². The van der Waals surface area contributed by atoms with Crippen LogP contribution >= 0.6 is 0 Å². The van der Waals surface area contributed by atoms with Crippen LogP contribution in [0, 0.1) is 5.41 Å². The molecule has 2 N–H and O–H groups in total. The van der Waals surface area contributed by atoms with Crippen molar-refractivity contribution < 1.29 is 52.9 Å². The summed E-state index contributed by atoms with van der Waals surface area (Å²) in [7, 11) is 3.32. The van der Waals surface area contributed by atoms with Gasteiger partial charge in [0, 0.05) is 39.6 Å². The quantitative estimate of drug-likeness (QED) is 0.246. The van der Waals surface area contributed by atoms with Crippen molar-refractivity contribution in [3.63, 3.8) is 0 Å². The van der Waals surface area contributed by atoms with Crippen LogP contribution in [0.25, 0.3) is 6.08 Å². The number of fused-ring (bicyclic) bond motifs is 4. The largest absolute Gasteiger partial charge is 0.460 e. The maximum atomic E-state index is 15.0. The Kier molecular flexibility index (Phi) is 10.6. The van der Waals surface area contributed by atoms with Gasteiger partial charge in [-0.05, 0) is 57.2 Å². The molecule has 278 valence electrons. The molecule has 5 fully saturated rings. The van der Waals surface area contributed by atoms with Gasteiger partial charge >= 0.3 is 11.9 Å². The van der Waals surface area contributed by atoms with Gasteiger partial charge < -0.3 is 39.2 Å². The Morgan fingerprint density at radius 1 is 1.16 bits per heavy atom. The molecule has 4 heterocycles. The summed E-state index contributed by atoms with van der Waals surface area (Å²) in [5, 5.41) is 14.3. The zero-order valence-corrected chi connectivity index (χ0v) is 29.7. The molecule has 1 aromatic carbocycles. The maximum Gasteiger partial charge on any atom is 0.327 e. The smallest absolute Gasteiger partial charge is 0.327 e. The number of nitrogens with zero attached hydrogens (tertiary/aromatic N) is 3. The second kappa shape index (κ2) is 14.6. The molecule has 1 aliphatic carbocycles. The normalized spacial score (nSPS) is 30.5. The van der Waals surface area contributed by atoms with Crippen LogP contribution in [0.15, 0.2) is 30.3 Å². The van der Waals surface area contributed by atoms with Gasteiger partial charge in [0.1, 0.15) is 48.3 Å². The number of likely N-dealkylation sites (tertiary alicyclic amines) is 1. The number of hydroxylamine groups is 2. The molecular formula is C36H48N4O11. The molecule has 1 saturated carbocycles. The minimum atomic E-state index is -1.45. The zero-order chi connectivity index (χ0) is 36.7. The monoisotopic (exact) mass is 712 g/mol. The minimum absolute atomic E-state index is 0.00522. The van der Waals surface area contributed by atoms with Gasteiger partial charge in [-0.3, -0.25) is 28.8 Å². The summed E-state index contributed by atoms with van der Waals surface area (Å²) in [5.74, 6) is -2.13. The second-order valence-electron chi connectivity index (χ2n) is 15.0. The van der Waals surface area contributed by atoms with E-state index in [1.54, 1.807) is 40.9 Å². The number of esters is 2. The number of hydrogen-bond acceptors (Lipinski definition) is 12. The highest BCUT2D eigenvalue weighted by atomic mass is 16.8. The predicted octanol–water partition coefficient (Wildman–Crippen LogP) is 0.919. The number of hydrogen-bond donors (Lipinski definition) is 2. The van der Waals surface area contributed by atoms with Crippen LogP contribution in [-0.4, -0.2) is 132 Å². The van der Waals surface area contributed by atoms with Crippen molar-refractivity contribution in [1.82, 2.24) is 20.2 Å². The van der Waals surface area contributed by atoms with Crippen molar-refractivity contribution in [3.05, 3.63) is 41.5 Å². The number of carbonyl (C=O) groups is 5. The van der Waals surface area contributed by atoms with Gasteiger partial charge in [-0.1, -0.05) is 24.3 Å². The third-order valence-electron chi connectivity index (χ3n) is 10.2. The van der Waals surface area contributed by atoms with Crippen LogP contribution in [0.5, 0.6) is 0 Å². The van der Waals surface area contributed by atoms with Gasteiger partial charge in [0.15, 0.2) is 6.04 Å². The number of carbonyl (C=O) groups excluding carboxylic acids is 5. The van der Waals surface area contributed by atoms with Crippen molar-refractivity contribution in [2.24, 2.45) is 5.41 Å². The Labute approximate surface area is 297 Å². The molecule has 0 spiro atoms. The Hall–Kier alpha value is -3.89. The topological polar surface area (TPSA) is 173 Å². The Balaban J connectivity index is 1.25. The summed E-state index contributed by atoms with van der Waals surface area (Å²) in [6.45, 7) is 5.20. The molecule has 4 aliphatic heterocycles. The lowest BCUT2D eigenvalue weighted by Gasteiger charge is -2.50. The summed E-state index contributed by atoms with van der Waals surface area (Å²) in [6, 6.07) is 4.62. The molecule has 15 heteroatoms. The molecule has 51 heavy (non-hydrogen) atoms. The highest BCUT2D eigenvalue weighted by molar-refractivity contribution is 5.97. The number of rotatable bonds is 11. The number of amides is 3. The van der Waals surface area contributed by atoms with Gasteiger partial charge in [0.05, 0.1) is 19.2 Å². The highest BCUT2D eigenvalue weighted by Crippen LogP contribution is 2.56. The SMILES string of the molecule is CN(C)C(=O)C=Cc1ccccc1CN1O[C@@H]2[C@H]3OCO[C@H]3[C@@H]3C[C@]2(C(=O)N2CCC[C@@H]2C(=O)N[C@H](CO)CCC(=O)OC(C)(C)C)[C@@H]1C(=O)O3. The molecule has 0 unspecified atom stereocenters. The van der Waals surface area contributed by atoms with E-state index < -0.39 is 83.9 Å². The third kappa shape index (κ3) is 7.27. The lowest BCUT2D eigenvalue weighted by Crippen LogP contribution is -2.70. The lowest BCUT2D eigenvalue weighted by atomic mass is 9.62. The summed E-state index contributed by atoms with van der Waals surface area (Å²) in [6.07, 6.45) is 1.36. The fraction of sp³-hybridized carbons (Fsp3) is 0.639. The summed E-state index contributed by atoms with van der Waals surface area (Å²) in [4.78, 5) is 76.8. The van der Waals surface area contributed by atoms with E-state index >= 15 is 4.79 Å². The summed E-state index contributed by atoms with van der Waals surface area (Å²) >= 11 is 0. The predicted molar refractivity (Wildman–Crippen MR) is 179 cm³/mol. The number of aliphatic hydroxyl groups is 1. The standard InChI is InChI=1S/C36H48N4O11/c1-35(2,3)50-27(43)15-13-23(19-41)37-32(44)24-11-8-16-39(24)34(46)36-17-25-28-29(48-20-47-28)31(36)51-40(30(36)33(45)49-25)18-22-10-7-6-9-21(22)12-14-26(42)38(4)5/h6-7,9-10,12,14,23-25,28-31,41H,8,11,13,15-20H2,1-5H3,(H,37,44)/t23-,24+,25-,28-,29-,30-,31+,36-/m0/s1. The van der Waals surface area contributed by atoms with E-state index in [1.165, 1.54) is 20.9 Å². The van der Waals surface area contributed by atoms with Crippen molar-refractivity contribution in [2.45, 2.75) is 108 Å². The maximum absolute atomic E-state index is 15.0. The van der Waals surface area contributed by atoms with E-state index in [9.17, 15) is 24.3 Å². The molecule has 8 atom stereocenters. The average Bonchev–Trinajstić information content (AvgIpc) is 3.83. The van der Waals surface area contributed by atoms with Gasteiger partial charge in [0.25, 0.3) is 0 Å². The van der Waals surface area contributed by atoms with Crippen LogP contribution in [0.1, 0.15) is 64.0 Å². The molecule has 0 radical (unpaired) electrons. The van der Waals surface area contributed by atoms with E-state index in [-0.39, 0.29) is 45.1 Å². The van der Waals surface area contributed by atoms with Crippen LogP contribution in [0.2, 0.25) is 0 Å². The molecular weight excluding hydrogens is 664 g/mol. The lowest BCUT2D eigenvalue weighted by molar-refractivity contribution is -0.204. The van der Waals surface area contributed by atoms with Crippen molar-refractivity contribution in [2.75, 3.05) is 34.0 Å². The van der Waals surface area contributed by atoms with E-state index in [1.807, 2.05) is 24.3 Å². The van der Waals surface area contributed by atoms with Crippen LogP contribution in [0.3, 0.4) is 0 Å². The molecule has 0 aromatic heterocycles.